The Labute approximate surface area is 226 Å². The quantitative estimate of drug-likeness (QED) is 0.244. The number of nitrogens with zero attached hydrogens (tertiary/aromatic N) is 10. The molecule has 42 heavy (non-hydrogen) atoms. The van der Waals surface area contributed by atoms with Gasteiger partial charge in [-0.3, -0.25) is 9.59 Å². The molecule has 4 aromatic heterocycles. The number of rotatable bonds is 0. The molecule has 2 aliphatic rings. The van der Waals surface area contributed by atoms with Crippen molar-refractivity contribution in [3.8, 4) is 22.5 Å². The molecule has 0 radical (unpaired) electrons. The van der Waals surface area contributed by atoms with Gasteiger partial charge < -0.3 is 0 Å². The van der Waals surface area contributed by atoms with Crippen LogP contribution in [0.5, 0.6) is 0 Å². The van der Waals surface area contributed by atoms with Crippen LogP contribution in [0.15, 0.2) is 48.5 Å². The summed E-state index contributed by atoms with van der Waals surface area (Å²) in [5, 5.41) is 20.4. The van der Waals surface area contributed by atoms with Gasteiger partial charge in [-0.15, -0.1) is 20.4 Å². The van der Waals surface area contributed by atoms with E-state index in [0.717, 1.165) is 0 Å². The highest BCUT2D eigenvalue weighted by atomic mass is 19.4. The molecule has 0 N–H and O–H groups in total. The maximum Gasteiger partial charge on any atom is 0.453 e. The molecule has 0 amide bonds. The molecule has 0 saturated heterocycles. The molecule has 208 valence electrons. The predicted molar refractivity (Wildman–Crippen MR) is 125 cm³/mol. The molecule has 6 aromatic rings. The highest BCUT2D eigenvalue weighted by Gasteiger charge is 2.41. The van der Waals surface area contributed by atoms with Crippen molar-refractivity contribution < 1.29 is 35.9 Å². The Kier molecular flexibility index (Phi) is 5.07. The van der Waals surface area contributed by atoms with Crippen LogP contribution in [-0.4, -0.2) is 61.2 Å². The van der Waals surface area contributed by atoms with Crippen molar-refractivity contribution in [1.29, 1.82) is 0 Å². The van der Waals surface area contributed by atoms with Crippen LogP contribution >= 0.6 is 0 Å². The number of hydrogen-bond acceptors (Lipinski definition) is 10. The fraction of sp³-hybridized carbons (Fsp3) is 0.0833. The van der Waals surface area contributed by atoms with Crippen LogP contribution in [0.3, 0.4) is 0 Å². The van der Waals surface area contributed by atoms with Crippen LogP contribution < -0.4 is 0 Å². The topological polar surface area (TPSA) is 146 Å². The number of carbonyl (C=O) groups excluding carboxylic acids is 2. The second-order valence-electron chi connectivity index (χ2n) is 8.83. The third-order valence-electron chi connectivity index (χ3n) is 6.31. The molecule has 0 saturated carbocycles. The lowest BCUT2D eigenvalue weighted by atomic mass is 10.1. The molecule has 4 heterocycles. The van der Waals surface area contributed by atoms with Crippen LogP contribution in [0.25, 0.3) is 34.1 Å². The first-order chi connectivity index (χ1) is 19.9. The standard InChI is InChI=1S/2C12H4F3N5O/c13-12(14,15)10-17-18-11-16-8-7(19-20(10)11)5-3-1-2-4-6(5)9(8)21;13-12(14,15)10-17-18-11-16-7-5-3-1-2-4-6(5)9(21)8(7)19-20(10)11/h2*1-4H. The molecule has 2 aliphatic carbocycles. The predicted octanol–water partition coefficient (Wildman–Crippen LogP) is 3.50. The van der Waals surface area contributed by atoms with Gasteiger partial charge in [0.2, 0.25) is 11.6 Å². The number of ketones is 2. The zero-order valence-corrected chi connectivity index (χ0v) is 20.2. The number of benzene rings is 2. The summed E-state index contributed by atoms with van der Waals surface area (Å²) in [5.41, 5.74) is 1.90. The van der Waals surface area contributed by atoms with Gasteiger partial charge >= 0.3 is 12.4 Å². The summed E-state index contributed by atoms with van der Waals surface area (Å²) in [4.78, 5) is 32.2. The van der Waals surface area contributed by atoms with Gasteiger partial charge in [0.15, 0.2) is 5.69 Å². The van der Waals surface area contributed by atoms with Gasteiger partial charge in [0.05, 0.1) is 0 Å². The van der Waals surface area contributed by atoms with Crippen molar-refractivity contribution in [2.45, 2.75) is 12.4 Å². The zero-order valence-electron chi connectivity index (χ0n) is 20.2. The van der Waals surface area contributed by atoms with Gasteiger partial charge in [0.25, 0.3) is 23.2 Å². The lowest BCUT2D eigenvalue weighted by Gasteiger charge is -2.04. The third kappa shape index (κ3) is 3.64. The molecule has 8 rings (SSSR count). The Morgan fingerprint density at radius 3 is 1.40 bits per heavy atom. The lowest BCUT2D eigenvalue weighted by Crippen LogP contribution is -2.14. The summed E-state index contributed by atoms with van der Waals surface area (Å²) in [6.45, 7) is 0. The van der Waals surface area contributed by atoms with E-state index in [1.807, 2.05) is 0 Å². The average Bonchev–Trinajstić information content (AvgIpc) is 3.70. The Morgan fingerprint density at radius 2 is 0.905 bits per heavy atom. The van der Waals surface area contributed by atoms with Crippen molar-refractivity contribution in [2.24, 2.45) is 0 Å². The summed E-state index contributed by atoms with van der Waals surface area (Å²) in [6.07, 6.45) is -9.43. The summed E-state index contributed by atoms with van der Waals surface area (Å²) in [5.74, 6) is -4.09. The first-order valence-corrected chi connectivity index (χ1v) is 11.6. The average molecular weight is 582 g/mol. The SMILES string of the molecule is O=C1c2ccccc2-c2nc3nnc(C(F)(F)F)n3nc21.O=C1c2ccccc2-c2nn3c(C(F)(F)F)nnc3nc21. The molecule has 12 nitrogen and oxygen atoms in total. The summed E-state index contributed by atoms with van der Waals surface area (Å²) < 4.78 is 77.8. The molecule has 0 fully saturated rings. The zero-order chi connectivity index (χ0) is 29.6. The minimum Gasteiger partial charge on any atom is -0.287 e. The third-order valence-corrected chi connectivity index (χ3v) is 6.31. The largest absolute Gasteiger partial charge is 0.453 e. The van der Waals surface area contributed by atoms with Crippen LogP contribution in [0, 0.1) is 0 Å². The highest BCUT2D eigenvalue weighted by Crippen LogP contribution is 2.36. The van der Waals surface area contributed by atoms with E-state index < -0.39 is 29.8 Å². The number of aromatic nitrogens is 10. The second kappa shape index (κ2) is 8.41. The highest BCUT2D eigenvalue weighted by molar-refractivity contribution is 6.20. The lowest BCUT2D eigenvalue weighted by molar-refractivity contribution is -0.147. The Bertz CT molecular complexity index is 2130. The van der Waals surface area contributed by atoms with E-state index in [-0.39, 0.29) is 40.1 Å². The minimum atomic E-state index is -4.73. The molecule has 0 spiro atoms. The molecular formula is C24H8F6N10O2. The second-order valence-corrected chi connectivity index (χ2v) is 8.83. The smallest absolute Gasteiger partial charge is 0.287 e. The fourth-order valence-corrected chi connectivity index (χ4v) is 4.53. The van der Waals surface area contributed by atoms with Crippen molar-refractivity contribution in [3.63, 3.8) is 0 Å². The Morgan fingerprint density at radius 1 is 0.500 bits per heavy atom. The van der Waals surface area contributed by atoms with E-state index in [1.54, 1.807) is 48.5 Å². The number of fused-ring (bicyclic) bond motifs is 8. The van der Waals surface area contributed by atoms with E-state index >= 15 is 0 Å². The van der Waals surface area contributed by atoms with Gasteiger partial charge in [-0.25, -0.2) is 9.97 Å². The van der Waals surface area contributed by atoms with E-state index in [0.29, 0.717) is 31.3 Å². The molecule has 18 heteroatoms. The van der Waals surface area contributed by atoms with Crippen molar-refractivity contribution in [2.75, 3.05) is 0 Å². The van der Waals surface area contributed by atoms with E-state index in [9.17, 15) is 35.9 Å². The van der Waals surface area contributed by atoms with Crippen LogP contribution in [-0.2, 0) is 12.4 Å². The summed E-state index contributed by atoms with van der Waals surface area (Å²) in [7, 11) is 0. The maximum atomic E-state index is 12.8. The summed E-state index contributed by atoms with van der Waals surface area (Å²) in [6, 6.07) is 13.1. The number of hydrogen-bond donors (Lipinski definition) is 0. The molecule has 0 aliphatic heterocycles. The molecule has 0 atom stereocenters. The Hall–Kier alpha value is -5.68. The van der Waals surface area contributed by atoms with Gasteiger partial charge in [-0.1, -0.05) is 48.5 Å². The summed E-state index contributed by atoms with van der Waals surface area (Å²) >= 11 is 0. The van der Waals surface area contributed by atoms with Gasteiger partial charge in [-0.2, -0.15) is 45.6 Å². The van der Waals surface area contributed by atoms with Crippen molar-refractivity contribution in [1.82, 2.24) is 49.6 Å². The number of halogens is 6. The van der Waals surface area contributed by atoms with Crippen LogP contribution in [0.2, 0.25) is 0 Å². The minimum absolute atomic E-state index is 0.00942. The van der Waals surface area contributed by atoms with E-state index in [4.69, 9.17) is 0 Å². The van der Waals surface area contributed by atoms with Gasteiger partial charge in [0, 0.05) is 22.3 Å². The number of alkyl halides is 6. The maximum absolute atomic E-state index is 12.8. The van der Waals surface area contributed by atoms with Gasteiger partial charge in [0.1, 0.15) is 17.1 Å². The van der Waals surface area contributed by atoms with Crippen LogP contribution in [0.1, 0.15) is 43.8 Å². The van der Waals surface area contributed by atoms with E-state index in [1.165, 1.54) is 0 Å². The van der Waals surface area contributed by atoms with Crippen molar-refractivity contribution in [3.05, 3.63) is 82.7 Å². The molecule has 2 aromatic carbocycles. The van der Waals surface area contributed by atoms with Crippen LogP contribution in [0.4, 0.5) is 26.3 Å². The molecular weight excluding hydrogens is 574 g/mol. The van der Waals surface area contributed by atoms with Crippen molar-refractivity contribution >= 4 is 23.1 Å². The monoisotopic (exact) mass is 582 g/mol. The van der Waals surface area contributed by atoms with E-state index in [2.05, 4.69) is 40.6 Å². The number of carbonyl (C=O) groups is 2. The molecule has 0 unspecified atom stereocenters. The first-order valence-electron chi connectivity index (χ1n) is 11.6. The molecule has 0 bridgehead atoms. The van der Waals surface area contributed by atoms with Gasteiger partial charge in [-0.05, 0) is 0 Å². The Balaban J connectivity index is 0.000000137. The fourth-order valence-electron chi connectivity index (χ4n) is 4.53. The normalized spacial score (nSPS) is 13.6. The first kappa shape index (κ1) is 25.3.